The molecule has 0 saturated carbocycles. The van der Waals surface area contributed by atoms with Crippen LogP contribution in [-0.2, 0) is 11.2 Å². The Labute approximate surface area is 157 Å². The van der Waals surface area contributed by atoms with E-state index in [9.17, 15) is 9.18 Å². The number of halogens is 3. The smallest absolute Gasteiger partial charge is 0.228 e. The third-order valence-electron chi connectivity index (χ3n) is 3.93. The molecule has 4 nitrogen and oxygen atoms in total. The molecule has 1 aromatic heterocycles. The number of hydrogen-bond acceptors (Lipinski definition) is 4. The molecule has 1 N–H and O–H groups in total. The van der Waals surface area contributed by atoms with Gasteiger partial charge in [-0.2, -0.15) is 0 Å². The SMILES string of the molecule is CN(C(=O)Cc1csc(-c2cccc(F)c2)n1)C1CCNC1.Cl.Cl. The van der Waals surface area contributed by atoms with Gasteiger partial charge in [0.1, 0.15) is 10.8 Å². The lowest BCUT2D eigenvalue weighted by molar-refractivity contribution is -0.130. The molecule has 0 bridgehead atoms. The van der Waals surface area contributed by atoms with Gasteiger partial charge in [0.2, 0.25) is 5.91 Å². The number of nitrogens with zero attached hydrogens (tertiary/aromatic N) is 2. The summed E-state index contributed by atoms with van der Waals surface area (Å²) in [5.41, 5.74) is 1.49. The highest BCUT2D eigenvalue weighted by atomic mass is 35.5. The first-order chi connectivity index (χ1) is 10.6. The second-order valence-electron chi connectivity index (χ2n) is 5.48. The number of hydrogen-bond donors (Lipinski definition) is 1. The van der Waals surface area contributed by atoms with Crippen molar-refractivity contribution in [1.29, 1.82) is 0 Å². The van der Waals surface area contributed by atoms with Crippen molar-refractivity contribution in [1.82, 2.24) is 15.2 Å². The number of benzene rings is 1. The van der Waals surface area contributed by atoms with Gasteiger partial charge < -0.3 is 10.2 Å². The van der Waals surface area contributed by atoms with Crippen LogP contribution in [0.2, 0.25) is 0 Å². The van der Waals surface area contributed by atoms with E-state index in [0.29, 0.717) is 6.42 Å². The third-order valence-corrected chi connectivity index (χ3v) is 4.87. The summed E-state index contributed by atoms with van der Waals surface area (Å²) < 4.78 is 13.3. The normalized spacial score (nSPS) is 16.2. The van der Waals surface area contributed by atoms with E-state index < -0.39 is 0 Å². The summed E-state index contributed by atoms with van der Waals surface area (Å²) >= 11 is 1.44. The predicted octanol–water partition coefficient (Wildman–Crippen LogP) is 3.16. The maximum atomic E-state index is 13.3. The molecule has 2 heterocycles. The highest BCUT2D eigenvalue weighted by Gasteiger charge is 2.23. The standard InChI is InChI=1S/C16H18FN3OS.2ClH/c1-20(14-5-6-18-9-14)15(21)8-13-10-22-16(19-13)11-3-2-4-12(17)7-11;;/h2-4,7,10,14,18H,5-6,8-9H2,1H3;2*1H. The molecule has 1 atom stereocenters. The van der Waals surface area contributed by atoms with E-state index in [1.807, 2.05) is 18.5 Å². The fourth-order valence-corrected chi connectivity index (χ4v) is 3.41. The lowest BCUT2D eigenvalue weighted by Crippen LogP contribution is -2.39. The first-order valence-electron chi connectivity index (χ1n) is 7.30. The van der Waals surface area contributed by atoms with Crippen LogP contribution in [0.3, 0.4) is 0 Å². The van der Waals surface area contributed by atoms with Crippen LogP contribution in [0.15, 0.2) is 29.6 Å². The summed E-state index contributed by atoms with van der Waals surface area (Å²) in [6.07, 6.45) is 1.28. The Bertz CT molecular complexity index is 677. The van der Waals surface area contributed by atoms with Gasteiger partial charge in [-0.3, -0.25) is 4.79 Å². The minimum absolute atomic E-state index is 0. The van der Waals surface area contributed by atoms with Gasteiger partial charge >= 0.3 is 0 Å². The molecule has 0 spiro atoms. The van der Waals surface area contributed by atoms with Crippen LogP contribution >= 0.6 is 36.2 Å². The Morgan fingerprint density at radius 3 is 2.92 bits per heavy atom. The molecule has 3 rings (SSSR count). The second-order valence-corrected chi connectivity index (χ2v) is 6.34. The van der Waals surface area contributed by atoms with Crippen LogP contribution in [-0.4, -0.2) is 42.0 Å². The number of carbonyl (C=O) groups is 1. The fraction of sp³-hybridized carbons (Fsp3) is 0.375. The Morgan fingerprint density at radius 2 is 2.25 bits per heavy atom. The summed E-state index contributed by atoms with van der Waals surface area (Å²) in [7, 11) is 1.85. The monoisotopic (exact) mass is 391 g/mol. The number of amides is 1. The molecule has 0 aliphatic carbocycles. The molecule has 1 fully saturated rings. The van der Waals surface area contributed by atoms with Crippen LogP contribution in [0, 0.1) is 5.82 Å². The molecule has 2 aromatic rings. The predicted molar refractivity (Wildman–Crippen MR) is 99.8 cm³/mol. The van der Waals surface area contributed by atoms with E-state index in [-0.39, 0.29) is 42.6 Å². The molecule has 1 unspecified atom stereocenters. The minimum atomic E-state index is -0.279. The molecule has 132 valence electrons. The van der Waals surface area contributed by atoms with Crippen LogP contribution in [0.1, 0.15) is 12.1 Å². The molecule has 24 heavy (non-hydrogen) atoms. The molecule has 1 amide bonds. The Hall–Kier alpha value is -1.21. The van der Waals surface area contributed by atoms with Crippen molar-refractivity contribution in [2.75, 3.05) is 20.1 Å². The van der Waals surface area contributed by atoms with Crippen molar-refractivity contribution in [2.45, 2.75) is 18.9 Å². The Balaban J connectivity index is 0.00000144. The zero-order valence-electron chi connectivity index (χ0n) is 13.2. The number of thiazole rings is 1. The van der Waals surface area contributed by atoms with E-state index in [0.717, 1.165) is 35.8 Å². The van der Waals surface area contributed by atoms with Gasteiger partial charge in [-0.15, -0.1) is 36.2 Å². The van der Waals surface area contributed by atoms with Gasteiger partial charge in [-0.05, 0) is 25.1 Å². The highest BCUT2D eigenvalue weighted by molar-refractivity contribution is 7.13. The summed E-state index contributed by atoms with van der Waals surface area (Å²) in [6, 6.07) is 6.63. The summed E-state index contributed by atoms with van der Waals surface area (Å²) in [5.74, 6) is -0.205. The maximum absolute atomic E-state index is 13.3. The van der Waals surface area contributed by atoms with Gasteiger partial charge in [0.15, 0.2) is 0 Å². The number of aromatic nitrogens is 1. The zero-order valence-corrected chi connectivity index (χ0v) is 15.6. The van der Waals surface area contributed by atoms with Crippen LogP contribution in [0.25, 0.3) is 10.6 Å². The van der Waals surface area contributed by atoms with Crippen molar-refractivity contribution >= 4 is 42.1 Å². The summed E-state index contributed by atoms with van der Waals surface area (Å²) in [4.78, 5) is 18.6. The van der Waals surface area contributed by atoms with E-state index >= 15 is 0 Å². The zero-order chi connectivity index (χ0) is 15.5. The average Bonchev–Trinajstić information content (AvgIpc) is 3.18. The molecular weight excluding hydrogens is 372 g/mol. The van der Waals surface area contributed by atoms with Crippen LogP contribution in [0.4, 0.5) is 4.39 Å². The first-order valence-corrected chi connectivity index (χ1v) is 8.18. The summed E-state index contributed by atoms with van der Waals surface area (Å²) in [5, 5.41) is 5.88. The van der Waals surface area contributed by atoms with Gasteiger partial charge in [-0.1, -0.05) is 12.1 Å². The fourth-order valence-electron chi connectivity index (χ4n) is 2.60. The van der Waals surface area contributed by atoms with Crippen LogP contribution < -0.4 is 5.32 Å². The quantitative estimate of drug-likeness (QED) is 0.870. The topological polar surface area (TPSA) is 45.2 Å². The summed E-state index contributed by atoms with van der Waals surface area (Å²) in [6.45, 7) is 1.82. The van der Waals surface area contributed by atoms with Gasteiger partial charge in [0.05, 0.1) is 12.1 Å². The van der Waals surface area contributed by atoms with Crippen molar-refractivity contribution in [3.05, 3.63) is 41.2 Å². The molecule has 8 heteroatoms. The number of nitrogens with one attached hydrogen (secondary N) is 1. The lowest BCUT2D eigenvalue weighted by atomic mass is 10.2. The third kappa shape index (κ3) is 4.89. The van der Waals surface area contributed by atoms with Crippen molar-refractivity contribution in [3.63, 3.8) is 0 Å². The number of rotatable bonds is 4. The van der Waals surface area contributed by atoms with Crippen molar-refractivity contribution < 1.29 is 9.18 Å². The second kappa shape index (κ2) is 9.32. The Morgan fingerprint density at radius 1 is 1.46 bits per heavy atom. The Kier molecular flexibility index (Phi) is 8.09. The first kappa shape index (κ1) is 20.8. The average molecular weight is 392 g/mol. The number of likely N-dealkylation sites (N-methyl/N-ethyl adjacent to an activating group) is 1. The van der Waals surface area contributed by atoms with Gasteiger partial charge in [0.25, 0.3) is 0 Å². The minimum Gasteiger partial charge on any atom is -0.341 e. The lowest BCUT2D eigenvalue weighted by Gasteiger charge is -2.23. The van der Waals surface area contributed by atoms with Crippen molar-refractivity contribution in [2.24, 2.45) is 0 Å². The van der Waals surface area contributed by atoms with E-state index in [1.54, 1.807) is 11.0 Å². The molecule has 0 radical (unpaired) electrons. The molecular formula is C16H20Cl2FN3OS. The maximum Gasteiger partial charge on any atom is 0.228 e. The highest BCUT2D eigenvalue weighted by Crippen LogP contribution is 2.24. The molecule has 1 aliphatic heterocycles. The molecule has 1 aliphatic rings. The molecule has 1 saturated heterocycles. The van der Waals surface area contributed by atoms with E-state index in [2.05, 4.69) is 10.3 Å². The van der Waals surface area contributed by atoms with Crippen LogP contribution in [0.5, 0.6) is 0 Å². The van der Waals surface area contributed by atoms with Crippen molar-refractivity contribution in [3.8, 4) is 10.6 Å². The van der Waals surface area contributed by atoms with Gasteiger partial charge in [-0.25, -0.2) is 9.37 Å². The number of carbonyl (C=O) groups excluding carboxylic acids is 1. The van der Waals surface area contributed by atoms with E-state index in [4.69, 9.17) is 0 Å². The van der Waals surface area contributed by atoms with E-state index in [1.165, 1.54) is 23.5 Å². The van der Waals surface area contributed by atoms with Gasteiger partial charge in [0, 0.05) is 30.6 Å². The largest absolute Gasteiger partial charge is 0.341 e. The molecule has 1 aromatic carbocycles.